The first kappa shape index (κ1) is 20.0. The molecule has 6 heteroatoms. The molecule has 3 aromatic rings. The number of imide groups is 1. The lowest BCUT2D eigenvalue weighted by Crippen LogP contribution is -2.33. The minimum Gasteiger partial charge on any atom is -0.457 e. The summed E-state index contributed by atoms with van der Waals surface area (Å²) in [6.07, 6.45) is 5.17. The maximum absolute atomic E-state index is 13.3. The molecule has 6 nitrogen and oxygen atoms in total. The fraction of sp³-hybridized carbons (Fsp3) is 0.296. The summed E-state index contributed by atoms with van der Waals surface area (Å²) in [5.41, 5.74) is 3.20. The summed E-state index contributed by atoms with van der Waals surface area (Å²) in [6, 6.07) is 17.6. The van der Waals surface area contributed by atoms with Gasteiger partial charge in [-0.15, -0.1) is 0 Å². The van der Waals surface area contributed by atoms with Crippen LogP contribution in [0.3, 0.4) is 0 Å². The Kier molecular flexibility index (Phi) is 4.50. The van der Waals surface area contributed by atoms with E-state index in [1.165, 1.54) is 4.90 Å². The van der Waals surface area contributed by atoms with Gasteiger partial charge in [-0.2, -0.15) is 5.10 Å². The molecule has 33 heavy (non-hydrogen) atoms. The number of aryl methyl sites for hydroxylation is 1. The molecule has 0 radical (unpaired) electrons. The first-order valence-electron chi connectivity index (χ1n) is 11.4. The number of nitrogens with zero attached hydrogens (tertiary/aromatic N) is 3. The second-order valence-electron chi connectivity index (χ2n) is 9.25. The van der Waals surface area contributed by atoms with Crippen molar-refractivity contribution in [2.75, 3.05) is 4.90 Å². The summed E-state index contributed by atoms with van der Waals surface area (Å²) in [4.78, 5) is 28.0. The van der Waals surface area contributed by atoms with Crippen molar-refractivity contribution in [2.24, 2.45) is 23.7 Å². The van der Waals surface area contributed by atoms with E-state index in [4.69, 9.17) is 9.84 Å². The van der Waals surface area contributed by atoms with Crippen molar-refractivity contribution in [3.05, 3.63) is 83.7 Å². The number of rotatable bonds is 5. The van der Waals surface area contributed by atoms with Crippen LogP contribution in [-0.4, -0.2) is 21.6 Å². The topological polar surface area (TPSA) is 64.4 Å². The molecular weight excluding hydrogens is 414 g/mol. The fourth-order valence-electron chi connectivity index (χ4n) is 5.79. The number of aromatic nitrogens is 2. The molecule has 2 amide bonds. The van der Waals surface area contributed by atoms with Gasteiger partial charge in [0.15, 0.2) is 0 Å². The lowest BCUT2D eigenvalue weighted by atomic mass is 9.85. The van der Waals surface area contributed by atoms with Crippen molar-refractivity contribution in [1.82, 2.24) is 9.78 Å². The Bertz CT molecular complexity index is 1260. The van der Waals surface area contributed by atoms with Crippen LogP contribution < -0.4 is 9.64 Å². The van der Waals surface area contributed by atoms with E-state index in [1.54, 1.807) is 0 Å². The highest BCUT2D eigenvalue weighted by atomic mass is 16.5. The molecule has 166 valence electrons. The third kappa shape index (κ3) is 3.12. The molecule has 2 fully saturated rings. The molecule has 0 spiro atoms. The Morgan fingerprint density at radius 3 is 2.27 bits per heavy atom. The van der Waals surface area contributed by atoms with Gasteiger partial charge >= 0.3 is 0 Å². The van der Waals surface area contributed by atoms with Gasteiger partial charge in [-0.25, -0.2) is 4.90 Å². The van der Waals surface area contributed by atoms with Gasteiger partial charge in [-0.05, 0) is 61.9 Å². The summed E-state index contributed by atoms with van der Waals surface area (Å²) >= 11 is 0. The Balaban J connectivity index is 1.27. The number of carbonyl (C=O) groups excluding carboxylic acids is 2. The van der Waals surface area contributed by atoms with E-state index in [1.807, 2.05) is 73.1 Å². The monoisotopic (exact) mass is 439 g/mol. The minimum absolute atomic E-state index is 0.0640. The predicted octanol–water partition coefficient (Wildman–Crippen LogP) is 4.65. The molecule has 1 saturated heterocycles. The number of carbonyl (C=O) groups is 2. The third-order valence-electron chi connectivity index (χ3n) is 7.25. The van der Waals surface area contributed by atoms with Crippen LogP contribution >= 0.6 is 0 Å². The molecule has 2 bridgehead atoms. The van der Waals surface area contributed by atoms with Crippen molar-refractivity contribution in [2.45, 2.75) is 26.8 Å². The average Bonchev–Trinajstić information content (AvgIpc) is 3.54. The van der Waals surface area contributed by atoms with Gasteiger partial charge in [-0.1, -0.05) is 42.5 Å². The zero-order chi connectivity index (χ0) is 22.7. The third-order valence-corrected chi connectivity index (χ3v) is 7.25. The van der Waals surface area contributed by atoms with Crippen molar-refractivity contribution in [3.8, 4) is 11.5 Å². The summed E-state index contributed by atoms with van der Waals surface area (Å²) in [6.45, 7) is 4.32. The largest absolute Gasteiger partial charge is 0.457 e. The number of fused-ring (bicyclic) bond motifs is 5. The van der Waals surface area contributed by atoms with Crippen molar-refractivity contribution in [1.29, 1.82) is 0 Å². The van der Waals surface area contributed by atoms with E-state index in [0.717, 1.165) is 29.2 Å². The number of anilines is 1. The standard InChI is InChI=1S/C27H25N3O3/c1-16-25(30-26(31)23-19-11-12-20(14-19)24(23)27(30)32)17(2)29(28-16)15-18-7-6-10-22(13-18)33-21-8-4-3-5-9-21/h3-13,19-20,23-24H,14-15H2,1-2H3/t19-,20+,23-,24-/m0/s1. The first-order chi connectivity index (χ1) is 16.0. The molecule has 3 aliphatic rings. The molecule has 0 N–H and O–H groups in total. The summed E-state index contributed by atoms with van der Waals surface area (Å²) in [5.74, 6) is 1.39. The van der Waals surface area contributed by atoms with Crippen molar-refractivity contribution < 1.29 is 14.3 Å². The average molecular weight is 440 g/mol. The maximum atomic E-state index is 13.3. The lowest BCUT2D eigenvalue weighted by Gasteiger charge is -2.18. The van der Waals surface area contributed by atoms with Crippen molar-refractivity contribution in [3.63, 3.8) is 0 Å². The quantitative estimate of drug-likeness (QED) is 0.429. The molecule has 6 rings (SSSR count). The van der Waals surface area contributed by atoms with Gasteiger partial charge in [0.1, 0.15) is 11.5 Å². The Hall–Kier alpha value is -3.67. The van der Waals surface area contributed by atoms with Gasteiger partial charge in [0.2, 0.25) is 11.8 Å². The second-order valence-corrected chi connectivity index (χ2v) is 9.25. The van der Waals surface area contributed by atoms with Crippen molar-refractivity contribution >= 4 is 17.5 Å². The molecule has 2 aliphatic carbocycles. The summed E-state index contributed by atoms with van der Waals surface area (Å²) in [5, 5.41) is 4.69. The highest BCUT2D eigenvalue weighted by Crippen LogP contribution is 2.53. The van der Waals surface area contributed by atoms with Crippen LogP contribution in [0.4, 0.5) is 5.69 Å². The van der Waals surface area contributed by atoms with Crippen LogP contribution in [-0.2, 0) is 16.1 Å². The fourth-order valence-corrected chi connectivity index (χ4v) is 5.79. The van der Waals surface area contributed by atoms with Crippen LogP contribution in [0.1, 0.15) is 23.4 Å². The molecule has 2 aromatic carbocycles. The zero-order valence-corrected chi connectivity index (χ0v) is 18.6. The van der Waals surface area contributed by atoms with Gasteiger partial charge in [0.25, 0.3) is 0 Å². The first-order valence-corrected chi connectivity index (χ1v) is 11.4. The Labute approximate surface area is 192 Å². The molecule has 0 unspecified atom stereocenters. The highest BCUT2D eigenvalue weighted by molar-refractivity contribution is 6.23. The number of amides is 2. The normalized spacial score (nSPS) is 25.2. The minimum atomic E-state index is -0.207. The van der Waals surface area contributed by atoms with Crippen LogP contribution in [0.5, 0.6) is 11.5 Å². The number of benzene rings is 2. The smallest absolute Gasteiger partial charge is 0.238 e. The van der Waals surface area contributed by atoms with Crippen LogP contribution in [0.15, 0.2) is 66.7 Å². The number of hydrogen-bond acceptors (Lipinski definition) is 4. The van der Waals surface area contributed by atoms with E-state index in [-0.39, 0.29) is 35.5 Å². The Morgan fingerprint density at radius 2 is 1.58 bits per heavy atom. The van der Waals surface area contributed by atoms with E-state index < -0.39 is 0 Å². The molecule has 2 heterocycles. The Morgan fingerprint density at radius 1 is 0.909 bits per heavy atom. The zero-order valence-electron chi connectivity index (χ0n) is 18.6. The van der Waals surface area contributed by atoms with Gasteiger partial charge in [0, 0.05) is 0 Å². The van der Waals surface area contributed by atoms with Gasteiger partial charge in [0.05, 0.1) is 35.5 Å². The van der Waals surface area contributed by atoms with Crippen LogP contribution in [0.2, 0.25) is 0 Å². The molecule has 4 atom stereocenters. The summed E-state index contributed by atoms with van der Waals surface area (Å²) in [7, 11) is 0. The van der Waals surface area contributed by atoms with Crippen LogP contribution in [0, 0.1) is 37.5 Å². The van der Waals surface area contributed by atoms with Gasteiger partial charge in [-0.3, -0.25) is 14.3 Å². The highest BCUT2D eigenvalue weighted by Gasteiger charge is 2.60. The van der Waals surface area contributed by atoms with E-state index in [9.17, 15) is 9.59 Å². The summed E-state index contributed by atoms with van der Waals surface area (Å²) < 4.78 is 7.83. The van der Waals surface area contributed by atoms with E-state index in [0.29, 0.717) is 17.9 Å². The maximum Gasteiger partial charge on any atom is 0.238 e. The number of ether oxygens (including phenoxy) is 1. The second kappa shape index (κ2) is 7.44. The van der Waals surface area contributed by atoms with E-state index >= 15 is 0 Å². The number of allylic oxidation sites excluding steroid dienone is 2. The number of hydrogen-bond donors (Lipinski definition) is 0. The lowest BCUT2D eigenvalue weighted by molar-refractivity contribution is -0.123. The SMILES string of the molecule is Cc1nn(Cc2cccc(Oc3ccccc3)c2)c(C)c1N1C(=O)[C@@H]2[C@@H](C1=O)[C@H]1C=C[C@@H]2C1. The molecule has 1 saturated carbocycles. The number of para-hydroxylation sites is 1. The van der Waals surface area contributed by atoms with Gasteiger partial charge < -0.3 is 4.74 Å². The predicted molar refractivity (Wildman–Crippen MR) is 124 cm³/mol. The molecule has 1 aliphatic heterocycles. The molecule has 1 aromatic heterocycles. The van der Waals surface area contributed by atoms with Crippen LogP contribution in [0.25, 0.3) is 0 Å². The van der Waals surface area contributed by atoms with E-state index in [2.05, 4.69) is 12.2 Å². The molecular formula is C27H25N3O3.